The Hall–Kier alpha value is -1.85. The number of rotatable bonds is 4. The molecule has 0 bridgehead atoms. The third-order valence-electron chi connectivity index (χ3n) is 1.93. The van der Waals surface area contributed by atoms with Gasteiger partial charge in [-0.05, 0) is 5.92 Å². The average Bonchev–Trinajstić information content (AvgIpc) is 2.59. The highest BCUT2D eigenvalue weighted by molar-refractivity contribution is 5.92. The summed E-state index contributed by atoms with van der Waals surface area (Å²) in [5.74, 6) is -1.49. The number of carbonyl (C=O) groups excluding carboxylic acids is 1. The van der Waals surface area contributed by atoms with Crippen molar-refractivity contribution in [3.63, 3.8) is 0 Å². The van der Waals surface area contributed by atoms with Crippen LogP contribution in [0.1, 0.15) is 34.8 Å². The van der Waals surface area contributed by atoms with Crippen LogP contribution in [0, 0.1) is 5.92 Å². The summed E-state index contributed by atoms with van der Waals surface area (Å²) < 4.78 is 5.92. The van der Waals surface area contributed by atoms with Gasteiger partial charge in [0, 0.05) is 12.6 Å². The van der Waals surface area contributed by atoms with Gasteiger partial charge in [0.05, 0.1) is 7.11 Å². The molecular formula is C10H14N2O4. The van der Waals surface area contributed by atoms with Crippen LogP contribution >= 0.6 is 0 Å². The zero-order chi connectivity index (χ0) is 12.3. The summed E-state index contributed by atoms with van der Waals surface area (Å²) in [7, 11) is 1.25. The summed E-state index contributed by atoms with van der Waals surface area (Å²) in [6.45, 7) is 4.37. The first kappa shape index (κ1) is 12.2. The summed E-state index contributed by atoms with van der Waals surface area (Å²) in [4.78, 5) is 22.1. The molecule has 0 aliphatic rings. The molecule has 0 radical (unpaired) electrons. The highest BCUT2D eigenvalue weighted by Gasteiger charge is 2.19. The maximum absolute atomic E-state index is 11.4. The number of methoxy groups -OCH3 is 1. The van der Waals surface area contributed by atoms with Crippen LogP contribution in [0.2, 0.25) is 0 Å². The minimum Gasteiger partial charge on any atom is -0.476 e. The first-order valence-electron chi connectivity index (χ1n) is 4.85. The van der Waals surface area contributed by atoms with Crippen LogP contribution in [-0.4, -0.2) is 33.9 Å². The third kappa shape index (κ3) is 2.59. The van der Waals surface area contributed by atoms with Gasteiger partial charge in [-0.2, -0.15) is 5.10 Å². The van der Waals surface area contributed by atoms with Gasteiger partial charge in [-0.3, -0.25) is 4.68 Å². The van der Waals surface area contributed by atoms with Crippen molar-refractivity contribution in [2.24, 2.45) is 5.92 Å². The van der Waals surface area contributed by atoms with Crippen molar-refractivity contribution in [2.45, 2.75) is 20.4 Å². The Labute approximate surface area is 92.8 Å². The second kappa shape index (κ2) is 4.78. The molecule has 1 heterocycles. The molecule has 0 saturated carbocycles. The van der Waals surface area contributed by atoms with Gasteiger partial charge in [-0.25, -0.2) is 9.59 Å². The lowest BCUT2D eigenvalue weighted by Gasteiger charge is -2.07. The molecule has 0 saturated heterocycles. The Morgan fingerprint density at radius 3 is 2.62 bits per heavy atom. The van der Waals surface area contributed by atoms with Crippen LogP contribution in [0.15, 0.2) is 6.07 Å². The SMILES string of the molecule is COC(=O)c1cc(C(=O)O)nn1CC(C)C. The molecule has 0 spiro atoms. The van der Waals surface area contributed by atoms with E-state index < -0.39 is 11.9 Å². The summed E-state index contributed by atoms with van der Waals surface area (Å²) in [6.07, 6.45) is 0. The molecule has 16 heavy (non-hydrogen) atoms. The summed E-state index contributed by atoms with van der Waals surface area (Å²) in [6, 6.07) is 1.22. The standard InChI is InChI=1S/C10H14N2O4/c1-6(2)5-12-8(10(15)16-3)4-7(11-12)9(13)14/h4,6H,5H2,1-3H3,(H,13,14). The molecule has 6 heteroatoms. The van der Waals surface area contributed by atoms with Crippen molar-refractivity contribution < 1.29 is 19.4 Å². The molecule has 1 rings (SSSR count). The lowest BCUT2D eigenvalue weighted by molar-refractivity contribution is 0.0584. The number of aromatic carboxylic acids is 1. The first-order chi connectivity index (χ1) is 7.45. The summed E-state index contributed by atoms with van der Waals surface area (Å²) in [5.41, 5.74) is 0.00894. The number of aromatic nitrogens is 2. The number of nitrogens with zero attached hydrogens (tertiary/aromatic N) is 2. The monoisotopic (exact) mass is 226 g/mol. The van der Waals surface area contributed by atoms with Gasteiger partial charge in [0.2, 0.25) is 0 Å². The van der Waals surface area contributed by atoms with E-state index in [-0.39, 0.29) is 17.3 Å². The van der Waals surface area contributed by atoms with E-state index in [2.05, 4.69) is 9.84 Å². The molecule has 0 aliphatic heterocycles. The molecule has 0 aliphatic carbocycles. The molecule has 6 nitrogen and oxygen atoms in total. The largest absolute Gasteiger partial charge is 0.476 e. The molecule has 88 valence electrons. The second-order valence-corrected chi connectivity index (χ2v) is 3.79. The zero-order valence-electron chi connectivity index (χ0n) is 9.43. The minimum absolute atomic E-state index is 0.152. The Morgan fingerprint density at radius 2 is 2.19 bits per heavy atom. The van der Waals surface area contributed by atoms with E-state index in [1.54, 1.807) is 0 Å². The van der Waals surface area contributed by atoms with Gasteiger partial charge in [0.15, 0.2) is 5.69 Å². The number of carbonyl (C=O) groups is 2. The lowest BCUT2D eigenvalue weighted by Crippen LogP contribution is -2.15. The van der Waals surface area contributed by atoms with E-state index in [0.717, 1.165) is 0 Å². The molecule has 0 fully saturated rings. The maximum atomic E-state index is 11.4. The number of carboxylic acids is 1. The van der Waals surface area contributed by atoms with Crippen molar-refractivity contribution >= 4 is 11.9 Å². The molecule has 0 aromatic carbocycles. The second-order valence-electron chi connectivity index (χ2n) is 3.79. The third-order valence-corrected chi connectivity index (χ3v) is 1.93. The summed E-state index contributed by atoms with van der Waals surface area (Å²) in [5, 5.41) is 12.6. The Bertz CT molecular complexity index is 409. The highest BCUT2D eigenvalue weighted by atomic mass is 16.5. The van der Waals surface area contributed by atoms with Gasteiger partial charge in [-0.1, -0.05) is 13.8 Å². The molecule has 1 aromatic rings. The van der Waals surface area contributed by atoms with E-state index in [4.69, 9.17) is 5.11 Å². The topological polar surface area (TPSA) is 81.4 Å². The first-order valence-corrected chi connectivity index (χ1v) is 4.85. The van der Waals surface area contributed by atoms with Crippen molar-refractivity contribution in [3.05, 3.63) is 17.5 Å². The Morgan fingerprint density at radius 1 is 1.56 bits per heavy atom. The summed E-state index contributed by atoms with van der Waals surface area (Å²) >= 11 is 0. The normalized spacial score (nSPS) is 10.5. The molecule has 0 unspecified atom stereocenters. The average molecular weight is 226 g/mol. The van der Waals surface area contributed by atoms with Crippen molar-refractivity contribution in [3.8, 4) is 0 Å². The van der Waals surface area contributed by atoms with E-state index >= 15 is 0 Å². The highest BCUT2D eigenvalue weighted by Crippen LogP contribution is 2.09. The number of hydrogen-bond acceptors (Lipinski definition) is 4. The van der Waals surface area contributed by atoms with Crippen molar-refractivity contribution in [2.75, 3.05) is 7.11 Å². The van der Waals surface area contributed by atoms with Gasteiger partial charge in [0.1, 0.15) is 5.69 Å². The minimum atomic E-state index is -1.16. The van der Waals surface area contributed by atoms with Gasteiger partial charge >= 0.3 is 11.9 Å². The molecule has 1 aromatic heterocycles. The zero-order valence-corrected chi connectivity index (χ0v) is 9.43. The van der Waals surface area contributed by atoms with Crippen molar-refractivity contribution in [1.29, 1.82) is 0 Å². The Kier molecular flexibility index (Phi) is 3.65. The quantitative estimate of drug-likeness (QED) is 0.775. The molecule has 0 amide bonds. The van der Waals surface area contributed by atoms with Crippen LogP contribution in [0.25, 0.3) is 0 Å². The van der Waals surface area contributed by atoms with Crippen molar-refractivity contribution in [1.82, 2.24) is 9.78 Å². The van der Waals surface area contributed by atoms with E-state index in [0.29, 0.717) is 6.54 Å². The fourth-order valence-electron chi connectivity index (χ4n) is 1.28. The predicted octanol–water partition coefficient (Wildman–Crippen LogP) is 1.02. The number of hydrogen-bond donors (Lipinski definition) is 1. The Balaban J connectivity index is 3.12. The van der Waals surface area contributed by atoms with Crippen LogP contribution in [0.3, 0.4) is 0 Å². The molecular weight excluding hydrogens is 212 g/mol. The van der Waals surface area contributed by atoms with Crippen LogP contribution < -0.4 is 0 Å². The lowest BCUT2D eigenvalue weighted by atomic mass is 10.2. The number of carboxylic acid groups (broad SMARTS) is 1. The van der Waals surface area contributed by atoms with E-state index in [1.807, 2.05) is 13.8 Å². The predicted molar refractivity (Wildman–Crippen MR) is 55.4 cm³/mol. The van der Waals surface area contributed by atoms with Crippen LogP contribution in [-0.2, 0) is 11.3 Å². The number of ether oxygens (including phenoxy) is 1. The van der Waals surface area contributed by atoms with Crippen LogP contribution in [0.4, 0.5) is 0 Å². The molecule has 1 N–H and O–H groups in total. The maximum Gasteiger partial charge on any atom is 0.356 e. The van der Waals surface area contributed by atoms with Crippen LogP contribution in [0.5, 0.6) is 0 Å². The molecule has 0 atom stereocenters. The van der Waals surface area contributed by atoms with Gasteiger partial charge < -0.3 is 9.84 Å². The van der Waals surface area contributed by atoms with E-state index in [1.165, 1.54) is 17.9 Å². The smallest absolute Gasteiger partial charge is 0.356 e. The van der Waals surface area contributed by atoms with Gasteiger partial charge in [-0.15, -0.1) is 0 Å². The number of esters is 1. The fraction of sp³-hybridized carbons (Fsp3) is 0.500. The van der Waals surface area contributed by atoms with E-state index in [9.17, 15) is 9.59 Å². The van der Waals surface area contributed by atoms with Gasteiger partial charge in [0.25, 0.3) is 0 Å². The fourth-order valence-corrected chi connectivity index (χ4v) is 1.28.